The number of amides is 1. The van der Waals surface area contributed by atoms with Crippen molar-refractivity contribution in [3.63, 3.8) is 0 Å². The predicted molar refractivity (Wildman–Crippen MR) is 117 cm³/mol. The first-order valence-electron chi connectivity index (χ1n) is 9.14. The van der Waals surface area contributed by atoms with E-state index in [1.54, 1.807) is 18.0 Å². The van der Waals surface area contributed by atoms with Gasteiger partial charge in [0.05, 0.1) is 31.2 Å². The lowest BCUT2D eigenvalue weighted by Gasteiger charge is -2.10. The van der Waals surface area contributed by atoms with Crippen LogP contribution in [0.4, 0.5) is 23.1 Å². The Morgan fingerprint density at radius 1 is 1.27 bits per heavy atom. The Kier molecular flexibility index (Phi) is 7.36. The van der Waals surface area contributed by atoms with Gasteiger partial charge in [-0.05, 0) is 23.8 Å². The van der Waals surface area contributed by atoms with Crippen LogP contribution in [-0.2, 0) is 22.6 Å². The molecule has 0 atom stereocenters. The van der Waals surface area contributed by atoms with E-state index < -0.39 is 0 Å². The van der Waals surface area contributed by atoms with E-state index in [0.717, 1.165) is 11.3 Å². The van der Waals surface area contributed by atoms with Crippen LogP contribution in [0.15, 0.2) is 55.5 Å². The Morgan fingerprint density at radius 3 is 2.80 bits per heavy atom. The number of ether oxygens (including phenoxy) is 1. The van der Waals surface area contributed by atoms with Gasteiger partial charge >= 0.3 is 0 Å². The lowest BCUT2D eigenvalue weighted by molar-refractivity contribution is -0.111. The molecule has 156 valence electrons. The Labute approximate surface area is 179 Å². The molecule has 0 bridgehead atoms. The van der Waals surface area contributed by atoms with E-state index in [9.17, 15) is 4.79 Å². The summed E-state index contributed by atoms with van der Waals surface area (Å²) in [6.07, 6.45) is 6.29. The van der Waals surface area contributed by atoms with Gasteiger partial charge in [-0.25, -0.2) is 4.98 Å². The number of methoxy groups -OCH3 is 1. The maximum absolute atomic E-state index is 11.3. The molecular formula is C20H22ClN7O2. The summed E-state index contributed by atoms with van der Waals surface area (Å²) >= 11 is 6.22. The second kappa shape index (κ2) is 10.4. The van der Waals surface area contributed by atoms with Gasteiger partial charge in [0.2, 0.25) is 11.9 Å². The van der Waals surface area contributed by atoms with Crippen molar-refractivity contribution in [2.24, 2.45) is 0 Å². The smallest absolute Gasteiger partial charge is 0.247 e. The normalized spacial score (nSPS) is 10.5. The van der Waals surface area contributed by atoms with Crippen molar-refractivity contribution in [3.05, 3.63) is 66.1 Å². The quantitative estimate of drug-likeness (QED) is 0.425. The molecule has 2 heterocycles. The molecule has 30 heavy (non-hydrogen) atoms. The summed E-state index contributed by atoms with van der Waals surface area (Å²) in [5, 5.41) is 13.7. The van der Waals surface area contributed by atoms with Crippen LogP contribution in [0, 0.1) is 0 Å². The zero-order chi connectivity index (χ0) is 21.3. The van der Waals surface area contributed by atoms with E-state index in [-0.39, 0.29) is 5.91 Å². The maximum Gasteiger partial charge on any atom is 0.247 e. The number of aromatic nitrogens is 4. The number of rotatable bonds is 10. The predicted octanol–water partition coefficient (Wildman–Crippen LogP) is 3.45. The molecule has 3 rings (SSSR count). The van der Waals surface area contributed by atoms with Gasteiger partial charge in [-0.2, -0.15) is 10.1 Å². The third-order valence-corrected chi connectivity index (χ3v) is 4.30. The van der Waals surface area contributed by atoms with Crippen molar-refractivity contribution in [2.45, 2.75) is 13.1 Å². The molecule has 2 aromatic heterocycles. The lowest BCUT2D eigenvalue weighted by atomic mass is 10.2. The van der Waals surface area contributed by atoms with Crippen LogP contribution in [0.1, 0.15) is 5.56 Å². The van der Waals surface area contributed by atoms with Crippen LogP contribution in [0.3, 0.4) is 0 Å². The van der Waals surface area contributed by atoms with Crippen LogP contribution >= 0.6 is 11.6 Å². The minimum atomic E-state index is -0.252. The number of carbonyl (C=O) groups excluding carboxylic acids is 1. The zero-order valence-electron chi connectivity index (χ0n) is 16.4. The SMILES string of the molecule is C=CC(=O)Nc1ccc(CNc2nc(Nc3cnn(CCOC)c3)ncc2Cl)cc1. The van der Waals surface area contributed by atoms with E-state index in [0.29, 0.717) is 42.2 Å². The number of halogens is 1. The molecule has 0 aliphatic rings. The maximum atomic E-state index is 11.3. The third-order valence-electron chi connectivity index (χ3n) is 4.02. The molecule has 0 spiro atoms. The Hall–Kier alpha value is -3.43. The monoisotopic (exact) mass is 427 g/mol. The minimum absolute atomic E-state index is 0.252. The topological polar surface area (TPSA) is 106 Å². The standard InChI is InChI=1S/C20H22ClN7O2/c1-3-18(29)25-15-6-4-14(5-7-15)10-22-19-17(21)12-23-20(27-19)26-16-11-24-28(13-16)8-9-30-2/h3-7,11-13H,1,8-10H2,2H3,(H,25,29)(H2,22,23,26,27). The number of anilines is 4. The van der Waals surface area contributed by atoms with Crippen LogP contribution < -0.4 is 16.0 Å². The van der Waals surface area contributed by atoms with Gasteiger partial charge in [-0.3, -0.25) is 9.48 Å². The summed E-state index contributed by atoms with van der Waals surface area (Å²) in [6, 6.07) is 7.42. The van der Waals surface area contributed by atoms with Gasteiger partial charge in [0.25, 0.3) is 0 Å². The van der Waals surface area contributed by atoms with Crippen LogP contribution in [-0.4, -0.2) is 39.4 Å². The van der Waals surface area contributed by atoms with E-state index in [1.165, 1.54) is 12.3 Å². The van der Waals surface area contributed by atoms with Crippen LogP contribution in [0.2, 0.25) is 5.02 Å². The van der Waals surface area contributed by atoms with Crippen molar-refractivity contribution in [1.29, 1.82) is 0 Å². The highest BCUT2D eigenvalue weighted by molar-refractivity contribution is 6.32. The molecule has 0 radical (unpaired) electrons. The molecule has 1 aromatic carbocycles. The van der Waals surface area contributed by atoms with E-state index in [2.05, 4.69) is 37.6 Å². The molecule has 0 fully saturated rings. The number of hydrogen-bond acceptors (Lipinski definition) is 7. The molecule has 0 aliphatic heterocycles. The Balaban J connectivity index is 1.60. The first-order valence-corrected chi connectivity index (χ1v) is 9.52. The molecule has 3 N–H and O–H groups in total. The highest BCUT2D eigenvalue weighted by Gasteiger charge is 2.07. The Bertz CT molecular complexity index is 1000. The molecule has 0 saturated heterocycles. The second-order valence-electron chi connectivity index (χ2n) is 6.24. The first-order chi connectivity index (χ1) is 14.6. The summed E-state index contributed by atoms with van der Waals surface area (Å²) < 4.78 is 6.81. The fraction of sp³-hybridized carbons (Fsp3) is 0.200. The molecule has 0 unspecified atom stereocenters. The summed E-state index contributed by atoms with van der Waals surface area (Å²) in [5.41, 5.74) is 2.45. The molecule has 1 amide bonds. The number of benzene rings is 1. The number of nitrogens with zero attached hydrogens (tertiary/aromatic N) is 4. The van der Waals surface area contributed by atoms with Crippen LogP contribution in [0.5, 0.6) is 0 Å². The van der Waals surface area contributed by atoms with Crippen molar-refractivity contribution in [3.8, 4) is 0 Å². The molecule has 9 nitrogen and oxygen atoms in total. The first kappa shape index (κ1) is 21.3. The lowest BCUT2D eigenvalue weighted by Crippen LogP contribution is -2.08. The largest absolute Gasteiger partial charge is 0.383 e. The average Bonchev–Trinajstić information content (AvgIpc) is 3.20. The number of carbonyl (C=O) groups is 1. The molecule has 0 saturated carbocycles. The van der Waals surface area contributed by atoms with E-state index >= 15 is 0 Å². The van der Waals surface area contributed by atoms with Crippen molar-refractivity contribution < 1.29 is 9.53 Å². The van der Waals surface area contributed by atoms with Gasteiger partial charge in [-0.1, -0.05) is 30.3 Å². The summed E-state index contributed by atoms with van der Waals surface area (Å²) in [5.74, 6) is 0.651. The van der Waals surface area contributed by atoms with Gasteiger partial charge in [-0.15, -0.1) is 0 Å². The van der Waals surface area contributed by atoms with E-state index in [1.807, 2.05) is 30.5 Å². The van der Waals surface area contributed by atoms with Crippen molar-refractivity contribution in [1.82, 2.24) is 19.7 Å². The summed E-state index contributed by atoms with van der Waals surface area (Å²) in [7, 11) is 1.65. The number of nitrogens with one attached hydrogen (secondary N) is 3. The Morgan fingerprint density at radius 2 is 2.07 bits per heavy atom. The molecule has 3 aromatic rings. The molecule has 0 aliphatic carbocycles. The van der Waals surface area contributed by atoms with Gasteiger partial charge < -0.3 is 20.7 Å². The molecule has 10 heteroatoms. The summed E-state index contributed by atoms with van der Waals surface area (Å²) in [4.78, 5) is 20.0. The van der Waals surface area contributed by atoms with Gasteiger partial charge in [0.15, 0.2) is 5.82 Å². The van der Waals surface area contributed by atoms with Crippen molar-refractivity contribution in [2.75, 3.05) is 29.7 Å². The third kappa shape index (κ3) is 6.03. The number of hydrogen-bond donors (Lipinski definition) is 3. The van der Waals surface area contributed by atoms with Crippen LogP contribution in [0.25, 0.3) is 0 Å². The van der Waals surface area contributed by atoms with Gasteiger partial charge in [0, 0.05) is 25.5 Å². The second-order valence-corrected chi connectivity index (χ2v) is 6.65. The fourth-order valence-electron chi connectivity index (χ4n) is 2.50. The fourth-order valence-corrected chi connectivity index (χ4v) is 2.66. The zero-order valence-corrected chi connectivity index (χ0v) is 17.2. The highest BCUT2D eigenvalue weighted by atomic mass is 35.5. The summed E-state index contributed by atoms with van der Waals surface area (Å²) in [6.45, 7) is 5.16. The minimum Gasteiger partial charge on any atom is -0.383 e. The van der Waals surface area contributed by atoms with E-state index in [4.69, 9.17) is 16.3 Å². The highest BCUT2D eigenvalue weighted by Crippen LogP contribution is 2.22. The van der Waals surface area contributed by atoms with Crippen molar-refractivity contribution >= 4 is 40.6 Å². The molecular weight excluding hydrogens is 406 g/mol. The average molecular weight is 428 g/mol. The van der Waals surface area contributed by atoms with Gasteiger partial charge in [0.1, 0.15) is 5.02 Å².